The summed E-state index contributed by atoms with van der Waals surface area (Å²) in [5.74, 6) is 0.320. The van der Waals surface area contributed by atoms with Crippen molar-refractivity contribution >= 4 is 5.91 Å². The zero-order valence-corrected chi connectivity index (χ0v) is 13.4. The molecule has 0 radical (unpaired) electrons. The van der Waals surface area contributed by atoms with Crippen LogP contribution in [0.1, 0.15) is 56.2 Å². The van der Waals surface area contributed by atoms with E-state index >= 15 is 0 Å². The van der Waals surface area contributed by atoms with Crippen LogP contribution in [0.25, 0.3) is 0 Å². The Morgan fingerprint density at radius 1 is 1.14 bits per heavy atom. The van der Waals surface area contributed by atoms with E-state index in [4.69, 9.17) is 0 Å². The first-order valence-electron chi connectivity index (χ1n) is 8.28. The highest BCUT2D eigenvalue weighted by Gasteiger charge is 2.20. The summed E-state index contributed by atoms with van der Waals surface area (Å²) in [5, 5.41) is 3.37. The number of amides is 1. The first kappa shape index (κ1) is 16.0. The molecule has 1 aliphatic rings. The van der Waals surface area contributed by atoms with Gasteiger partial charge in [0, 0.05) is 25.6 Å². The smallest absolute Gasteiger partial charge is 0.222 e. The number of carbonyl (C=O) groups excluding carboxylic acids is 1. The highest BCUT2D eigenvalue weighted by molar-refractivity contribution is 5.76. The number of hydrogen-bond donors (Lipinski definition) is 1. The minimum absolute atomic E-state index is 0.222. The lowest BCUT2D eigenvalue weighted by Crippen LogP contribution is -2.39. The second-order valence-electron chi connectivity index (χ2n) is 5.94. The van der Waals surface area contributed by atoms with Gasteiger partial charge < -0.3 is 10.2 Å². The molecule has 0 spiro atoms. The highest BCUT2D eigenvalue weighted by Crippen LogP contribution is 2.18. The SMILES string of the molecule is CCc1ccc(C(CN2CCCCCCC2=O)NC)cc1. The van der Waals surface area contributed by atoms with Crippen molar-refractivity contribution in [2.45, 2.75) is 51.5 Å². The Labute approximate surface area is 128 Å². The maximum Gasteiger partial charge on any atom is 0.222 e. The second kappa shape index (κ2) is 8.18. The monoisotopic (exact) mass is 288 g/mol. The Morgan fingerprint density at radius 2 is 1.86 bits per heavy atom. The third-order valence-corrected chi connectivity index (χ3v) is 4.46. The molecule has 0 aromatic heterocycles. The predicted molar refractivity (Wildman–Crippen MR) is 87.3 cm³/mol. The fourth-order valence-corrected chi connectivity index (χ4v) is 2.98. The Kier molecular flexibility index (Phi) is 6.24. The van der Waals surface area contributed by atoms with Crippen LogP contribution in [0.5, 0.6) is 0 Å². The average Bonchev–Trinajstić information content (AvgIpc) is 2.51. The molecule has 1 fully saturated rings. The molecule has 1 atom stereocenters. The third kappa shape index (κ3) is 4.57. The van der Waals surface area contributed by atoms with E-state index in [1.54, 1.807) is 0 Å². The summed E-state index contributed by atoms with van der Waals surface area (Å²) in [5.41, 5.74) is 2.63. The minimum Gasteiger partial charge on any atom is -0.341 e. The number of rotatable bonds is 5. The summed E-state index contributed by atoms with van der Waals surface area (Å²) in [7, 11) is 1.98. The van der Waals surface area contributed by atoms with E-state index in [0.29, 0.717) is 12.3 Å². The molecule has 1 aliphatic heterocycles. The van der Waals surface area contributed by atoms with Crippen LogP contribution in [0.2, 0.25) is 0 Å². The number of likely N-dealkylation sites (tertiary alicyclic amines) is 1. The molecule has 3 nitrogen and oxygen atoms in total. The zero-order valence-electron chi connectivity index (χ0n) is 13.4. The lowest BCUT2D eigenvalue weighted by Gasteiger charge is -2.29. The van der Waals surface area contributed by atoms with Crippen molar-refractivity contribution in [3.63, 3.8) is 0 Å². The van der Waals surface area contributed by atoms with Crippen molar-refractivity contribution in [2.24, 2.45) is 0 Å². The standard InChI is InChI=1S/C18H28N2O/c1-3-15-9-11-16(12-10-15)17(19-2)14-20-13-7-5-4-6-8-18(20)21/h9-12,17,19H,3-8,13-14H2,1-2H3. The third-order valence-electron chi connectivity index (χ3n) is 4.46. The van der Waals surface area contributed by atoms with Crippen LogP contribution in [-0.2, 0) is 11.2 Å². The van der Waals surface area contributed by atoms with E-state index in [9.17, 15) is 4.79 Å². The first-order chi connectivity index (χ1) is 10.2. The largest absolute Gasteiger partial charge is 0.341 e. The maximum atomic E-state index is 12.2. The quantitative estimate of drug-likeness (QED) is 0.901. The van der Waals surface area contributed by atoms with Crippen molar-refractivity contribution in [3.8, 4) is 0 Å². The molecular formula is C18H28N2O. The van der Waals surface area contributed by atoms with Crippen molar-refractivity contribution in [3.05, 3.63) is 35.4 Å². The molecule has 1 heterocycles. The summed E-state index contributed by atoms with van der Waals surface area (Å²) in [6, 6.07) is 8.98. The fourth-order valence-electron chi connectivity index (χ4n) is 2.98. The van der Waals surface area contributed by atoms with Gasteiger partial charge in [-0.3, -0.25) is 4.79 Å². The van der Waals surface area contributed by atoms with Crippen LogP contribution in [-0.4, -0.2) is 30.9 Å². The molecule has 116 valence electrons. The lowest BCUT2D eigenvalue weighted by atomic mass is 10.0. The highest BCUT2D eigenvalue weighted by atomic mass is 16.2. The van der Waals surface area contributed by atoms with Gasteiger partial charge in [0.05, 0.1) is 0 Å². The Hall–Kier alpha value is -1.35. The fraction of sp³-hybridized carbons (Fsp3) is 0.611. The Morgan fingerprint density at radius 3 is 2.52 bits per heavy atom. The van der Waals surface area contributed by atoms with Crippen molar-refractivity contribution in [2.75, 3.05) is 20.1 Å². The van der Waals surface area contributed by atoms with Gasteiger partial charge in [0.25, 0.3) is 0 Å². The number of nitrogens with one attached hydrogen (secondary N) is 1. The van der Waals surface area contributed by atoms with E-state index in [0.717, 1.165) is 32.4 Å². The normalized spacial score (nSPS) is 18.2. The van der Waals surface area contributed by atoms with Crippen molar-refractivity contribution in [1.29, 1.82) is 0 Å². The van der Waals surface area contributed by atoms with E-state index in [1.807, 2.05) is 11.9 Å². The van der Waals surface area contributed by atoms with Crippen LogP contribution in [0.15, 0.2) is 24.3 Å². The van der Waals surface area contributed by atoms with Gasteiger partial charge in [-0.05, 0) is 37.4 Å². The number of benzene rings is 1. The summed E-state index contributed by atoms with van der Waals surface area (Å²) in [4.78, 5) is 14.3. The van der Waals surface area contributed by atoms with E-state index in [-0.39, 0.29) is 6.04 Å². The zero-order chi connectivity index (χ0) is 15.1. The first-order valence-corrected chi connectivity index (χ1v) is 8.28. The Balaban J connectivity index is 2.03. The summed E-state index contributed by atoms with van der Waals surface area (Å²) in [6.07, 6.45) is 6.41. The van der Waals surface area contributed by atoms with Crippen LogP contribution >= 0.6 is 0 Å². The van der Waals surface area contributed by atoms with Gasteiger partial charge >= 0.3 is 0 Å². The number of likely N-dealkylation sites (N-methyl/N-ethyl adjacent to an activating group) is 1. The molecule has 2 rings (SSSR count). The number of hydrogen-bond acceptors (Lipinski definition) is 2. The summed E-state index contributed by atoms with van der Waals surface area (Å²) in [6.45, 7) is 3.86. The van der Waals surface area contributed by atoms with Gasteiger partial charge in [-0.1, -0.05) is 44.0 Å². The molecule has 1 N–H and O–H groups in total. The van der Waals surface area contributed by atoms with Crippen molar-refractivity contribution < 1.29 is 4.79 Å². The van der Waals surface area contributed by atoms with Crippen LogP contribution < -0.4 is 5.32 Å². The lowest BCUT2D eigenvalue weighted by molar-refractivity contribution is -0.132. The van der Waals surface area contributed by atoms with E-state index in [1.165, 1.54) is 24.0 Å². The van der Waals surface area contributed by atoms with Gasteiger partial charge in [0.15, 0.2) is 0 Å². The van der Waals surface area contributed by atoms with Gasteiger partial charge in [-0.15, -0.1) is 0 Å². The second-order valence-corrected chi connectivity index (χ2v) is 5.94. The van der Waals surface area contributed by atoms with Crippen LogP contribution in [0.3, 0.4) is 0 Å². The molecule has 0 aliphatic carbocycles. The van der Waals surface area contributed by atoms with Crippen LogP contribution in [0, 0.1) is 0 Å². The van der Waals surface area contributed by atoms with Gasteiger partial charge in [-0.25, -0.2) is 0 Å². The number of nitrogens with zero attached hydrogens (tertiary/aromatic N) is 1. The van der Waals surface area contributed by atoms with Crippen molar-refractivity contribution in [1.82, 2.24) is 10.2 Å². The molecule has 0 bridgehead atoms. The van der Waals surface area contributed by atoms with Gasteiger partial charge in [0.1, 0.15) is 0 Å². The molecule has 1 aromatic rings. The van der Waals surface area contributed by atoms with E-state index in [2.05, 4.69) is 36.5 Å². The summed E-state index contributed by atoms with van der Waals surface area (Å²) < 4.78 is 0. The number of aryl methyl sites for hydroxylation is 1. The predicted octanol–water partition coefficient (Wildman–Crippen LogP) is 3.30. The minimum atomic E-state index is 0.222. The molecule has 1 aromatic carbocycles. The number of carbonyl (C=O) groups is 1. The van der Waals surface area contributed by atoms with Gasteiger partial charge in [-0.2, -0.15) is 0 Å². The maximum absolute atomic E-state index is 12.2. The molecule has 21 heavy (non-hydrogen) atoms. The molecular weight excluding hydrogens is 260 g/mol. The average molecular weight is 288 g/mol. The molecule has 1 amide bonds. The molecule has 1 unspecified atom stereocenters. The van der Waals surface area contributed by atoms with Crippen LogP contribution in [0.4, 0.5) is 0 Å². The van der Waals surface area contributed by atoms with Gasteiger partial charge in [0.2, 0.25) is 5.91 Å². The Bertz CT molecular complexity index is 441. The molecule has 3 heteroatoms. The topological polar surface area (TPSA) is 32.3 Å². The summed E-state index contributed by atoms with van der Waals surface area (Å²) >= 11 is 0. The van der Waals surface area contributed by atoms with E-state index < -0.39 is 0 Å². The molecule has 1 saturated heterocycles. The molecule has 0 saturated carbocycles.